The highest BCUT2D eigenvalue weighted by atomic mass is 16.2. The maximum Gasteiger partial charge on any atom is 0.225 e. The predicted octanol–water partition coefficient (Wildman–Crippen LogP) is 1.69. The molecule has 1 heterocycles. The number of hydrogen-bond donors (Lipinski definition) is 1. The quantitative estimate of drug-likeness (QED) is 0.843. The Morgan fingerprint density at radius 1 is 0.895 bits per heavy atom. The average Bonchev–Trinajstić information content (AvgIpc) is 2.95. The van der Waals surface area contributed by atoms with Crippen LogP contribution in [-0.4, -0.2) is 35.8 Å². The molecule has 0 bridgehead atoms. The van der Waals surface area contributed by atoms with Gasteiger partial charge in [0.15, 0.2) is 0 Å². The van der Waals surface area contributed by atoms with Gasteiger partial charge in [-0.1, -0.05) is 19.3 Å². The third kappa shape index (κ3) is 2.77. The minimum absolute atomic E-state index is 0.193. The Morgan fingerprint density at radius 3 is 2.21 bits per heavy atom. The number of nitrogens with one attached hydrogen (secondary N) is 1. The molecule has 3 aliphatic rings. The summed E-state index contributed by atoms with van der Waals surface area (Å²) in [6.07, 6.45) is 8.74. The summed E-state index contributed by atoms with van der Waals surface area (Å²) in [6, 6.07) is 0.193. The molecule has 106 valence electrons. The summed E-state index contributed by atoms with van der Waals surface area (Å²) in [4.78, 5) is 26.2. The van der Waals surface area contributed by atoms with Crippen molar-refractivity contribution in [1.29, 1.82) is 0 Å². The largest absolute Gasteiger partial charge is 0.351 e. The van der Waals surface area contributed by atoms with Crippen LogP contribution in [0, 0.1) is 11.8 Å². The Labute approximate surface area is 114 Å². The summed E-state index contributed by atoms with van der Waals surface area (Å²) in [5.74, 6) is 1.06. The molecular formula is C15H24N2O2. The third-order valence-corrected chi connectivity index (χ3v) is 5.03. The van der Waals surface area contributed by atoms with E-state index in [1.807, 2.05) is 4.90 Å². The van der Waals surface area contributed by atoms with E-state index in [1.165, 1.54) is 19.3 Å². The first-order chi connectivity index (χ1) is 9.24. The summed E-state index contributed by atoms with van der Waals surface area (Å²) in [7, 11) is 0. The van der Waals surface area contributed by atoms with Gasteiger partial charge in [0.25, 0.3) is 0 Å². The molecule has 0 spiro atoms. The van der Waals surface area contributed by atoms with Crippen LogP contribution in [0.1, 0.15) is 51.4 Å². The van der Waals surface area contributed by atoms with Crippen LogP contribution in [0.25, 0.3) is 0 Å². The van der Waals surface area contributed by atoms with Crippen molar-refractivity contribution >= 4 is 11.8 Å². The highest BCUT2D eigenvalue weighted by molar-refractivity contribution is 5.81. The predicted molar refractivity (Wildman–Crippen MR) is 72.4 cm³/mol. The first kappa shape index (κ1) is 12.9. The highest BCUT2D eigenvalue weighted by Crippen LogP contribution is 2.29. The van der Waals surface area contributed by atoms with E-state index in [9.17, 15) is 9.59 Å². The molecule has 2 saturated carbocycles. The van der Waals surface area contributed by atoms with Gasteiger partial charge >= 0.3 is 0 Å². The number of carbonyl (C=O) groups is 2. The van der Waals surface area contributed by atoms with Gasteiger partial charge in [-0.2, -0.15) is 0 Å². The Kier molecular flexibility index (Phi) is 3.76. The molecule has 0 aromatic rings. The number of rotatable bonds is 3. The van der Waals surface area contributed by atoms with E-state index in [-0.39, 0.29) is 23.8 Å². The van der Waals surface area contributed by atoms with Crippen molar-refractivity contribution in [3.8, 4) is 0 Å². The lowest BCUT2D eigenvalue weighted by Crippen LogP contribution is -2.43. The number of amides is 2. The molecule has 1 aliphatic heterocycles. The van der Waals surface area contributed by atoms with Crippen molar-refractivity contribution in [2.45, 2.75) is 57.4 Å². The van der Waals surface area contributed by atoms with Crippen LogP contribution in [0.2, 0.25) is 0 Å². The molecule has 2 amide bonds. The van der Waals surface area contributed by atoms with E-state index in [0.29, 0.717) is 5.91 Å². The molecule has 0 radical (unpaired) electrons. The lowest BCUT2D eigenvalue weighted by Gasteiger charge is -2.26. The van der Waals surface area contributed by atoms with Gasteiger partial charge in [-0.05, 0) is 32.1 Å². The highest BCUT2D eigenvalue weighted by Gasteiger charge is 2.34. The van der Waals surface area contributed by atoms with Gasteiger partial charge in [0, 0.05) is 31.0 Å². The molecule has 0 aromatic heterocycles. The number of hydrogen-bond acceptors (Lipinski definition) is 2. The van der Waals surface area contributed by atoms with Crippen molar-refractivity contribution in [2.24, 2.45) is 11.8 Å². The second-order valence-corrected chi connectivity index (χ2v) is 6.39. The van der Waals surface area contributed by atoms with Gasteiger partial charge in [-0.3, -0.25) is 9.59 Å². The zero-order chi connectivity index (χ0) is 13.2. The molecule has 19 heavy (non-hydrogen) atoms. The van der Waals surface area contributed by atoms with E-state index in [4.69, 9.17) is 0 Å². The van der Waals surface area contributed by atoms with Crippen LogP contribution in [0.4, 0.5) is 0 Å². The van der Waals surface area contributed by atoms with Crippen molar-refractivity contribution < 1.29 is 9.59 Å². The first-order valence-corrected chi connectivity index (χ1v) is 7.83. The van der Waals surface area contributed by atoms with Crippen LogP contribution in [0.3, 0.4) is 0 Å². The standard InChI is InChI=1S/C15H24N2O2/c18-14(11-6-3-7-11)16-13-8-9-17(10-13)15(19)12-4-1-2-5-12/h11-13H,1-10H2,(H,16,18)/t13-/m1/s1. The van der Waals surface area contributed by atoms with Crippen LogP contribution < -0.4 is 5.32 Å². The van der Waals surface area contributed by atoms with Crippen LogP contribution in [0.15, 0.2) is 0 Å². The molecule has 3 rings (SSSR count). The topological polar surface area (TPSA) is 49.4 Å². The second-order valence-electron chi connectivity index (χ2n) is 6.39. The van der Waals surface area contributed by atoms with E-state index in [0.717, 1.165) is 45.2 Å². The van der Waals surface area contributed by atoms with Gasteiger partial charge in [-0.25, -0.2) is 0 Å². The zero-order valence-corrected chi connectivity index (χ0v) is 11.6. The smallest absolute Gasteiger partial charge is 0.225 e. The minimum Gasteiger partial charge on any atom is -0.351 e. The third-order valence-electron chi connectivity index (χ3n) is 5.03. The van der Waals surface area contributed by atoms with E-state index in [2.05, 4.69) is 5.32 Å². The van der Waals surface area contributed by atoms with E-state index >= 15 is 0 Å². The Balaban J connectivity index is 1.46. The van der Waals surface area contributed by atoms with Crippen molar-refractivity contribution in [3.05, 3.63) is 0 Å². The van der Waals surface area contributed by atoms with E-state index in [1.54, 1.807) is 0 Å². The van der Waals surface area contributed by atoms with Gasteiger partial charge in [0.2, 0.25) is 11.8 Å². The van der Waals surface area contributed by atoms with Gasteiger partial charge in [0.05, 0.1) is 0 Å². The fourth-order valence-electron chi connectivity index (χ4n) is 3.50. The molecule has 0 unspecified atom stereocenters. The molecule has 2 aliphatic carbocycles. The van der Waals surface area contributed by atoms with Crippen LogP contribution >= 0.6 is 0 Å². The summed E-state index contributed by atoms with van der Waals surface area (Å²) >= 11 is 0. The minimum atomic E-state index is 0.193. The Morgan fingerprint density at radius 2 is 1.58 bits per heavy atom. The SMILES string of the molecule is O=C(N[C@@H]1CCN(C(=O)C2CCCC2)C1)C1CCC1. The number of nitrogens with zero attached hydrogens (tertiary/aromatic N) is 1. The zero-order valence-electron chi connectivity index (χ0n) is 11.6. The van der Waals surface area contributed by atoms with Gasteiger partial charge in [-0.15, -0.1) is 0 Å². The maximum absolute atomic E-state index is 12.3. The van der Waals surface area contributed by atoms with Crippen molar-refractivity contribution in [3.63, 3.8) is 0 Å². The van der Waals surface area contributed by atoms with Gasteiger partial charge < -0.3 is 10.2 Å². The summed E-state index contributed by atoms with van der Waals surface area (Å²) in [6.45, 7) is 1.55. The summed E-state index contributed by atoms with van der Waals surface area (Å²) in [5, 5.41) is 3.12. The molecule has 4 nitrogen and oxygen atoms in total. The first-order valence-electron chi connectivity index (χ1n) is 7.83. The Bertz CT molecular complexity index is 359. The monoisotopic (exact) mass is 264 g/mol. The number of likely N-dealkylation sites (tertiary alicyclic amines) is 1. The molecule has 1 saturated heterocycles. The number of carbonyl (C=O) groups excluding carboxylic acids is 2. The van der Waals surface area contributed by atoms with Crippen LogP contribution in [0.5, 0.6) is 0 Å². The lowest BCUT2D eigenvalue weighted by molar-refractivity contribution is -0.134. The fourth-order valence-corrected chi connectivity index (χ4v) is 3.50. The molecule has 0 aromatic carbocycles. The van der Waals surface area contributed by atoms with E-state index < -0.39 is 0 Å². The van der Waals surface area contributed by atoms with Crippen molar-refractivity contribution in [1.82, 2.24) is 10.2 Å². The van der Waals surface area contributed by atoms with Crippen LogP contribution in [-0.2, 0) is 9.59 Å². The molecular weight excluding hydrogens is 240 g/mol. The molecule has 3 fully saturated rings. The van der Waals surface area contributed by atoms with Gasteiger partial charge in [0.1, 0.15) is 0 Å². The fraction of sp³-hybridized carbons (Fsp3) is 0.867. The molecule has 4 heteroatoms. The summed E-state index contributed by atoms with van der Waals surface area (Å²) in [5.41, 5.74) is 0. The maximum atomic E-state index is 12.3. The average molecular weight is 264 g/mol. The lowest BCUT2D eigenvalue weighted by atomic mass is 9.84. The normalized spacial score (nSPS) is 28.4. The Hall–Kier alpha value is -1.06. The summed E-state index contributed by atoms with van der Waals surface area (Å²) < 4.78 is 0. The second kappa shape index (κ2) is 5.51. The molecule has 1 atom stereocenters. The van der Waals surface area contributed by atoms with Crippen molar-refractivity contribution in [2.75, 3.05) is 13.1 Å². The molecule has 1 N–H and O–H groups in total.